The van der Waals surface area contributed by atoms with E-state index in [0.29, 0.717) is 5.82 Å². The maximum Gasteiger partial charge on any atom is 0.160 e. The Bertz CT molecular complexity index is 3530. The van der Waals surface area contributed by atoms with Crippen LogP contribution in [0.3, 0.4) is 0 Å². The zero-order valence-corrected chi connectivity index (χ0v) is 32.6. The fraction of sp³-hybridized carbons (Fsp3) is 0. The first kappa shape index (κ1) is 34.0. The van der Waals surface area contributed by atoms with Crippen LogP contribution in [-0.2, 0) is 0 Å². The van der Waals surface area contributed by atoms with Gasteiger partial charge in [-0.1, -0.05) is 158 Å². The van der Waals surface area contributed by atoms with E-state index in [0.717, 1.165) is 44.8 Å². The van der Waals surface area contributed by atoms with Gasteiger partial charge in [0.1, 0.15) is 0 Å². The molecule has 4 heteroatoms. The molecule has 280 valence electrons. The summed E-state index contributed by atoms with van der Waals surface area (Å²) < 4.78 is 4.80. The van der Waals surface area contributed by atoms with Gasteiger partial charge in [-0.3, -0.25) is 0 Å². The van der Waals surface area contributed by atoms with Crippen molar-refractivity contribution in [1.82, 2.24) is 19.1 Å². The van der Waals surface area contributed by atoms with E-state index < -0.39 is 0 Å². The average molecular weight is 765 g/mol. The number of hydrogen-bond donors (Lipinski definition) is 0. The number of aromatic nitrogens is 4. The zero-order valence-electron chi connectivity index (χ0n) is 32.6. The minimum atomic E-state index is 0.692. The molecule has 4 nitrogen and oxygen atoms in total. The van der Waals surface area contributed by atoms with Gasteiger partial charge in [-0.15, -0.1) is 0 Å². The van der Waals surface area contributed by atoms with E-state index in [2.05, 4.69) is 215 Å². The van der Waals surface area contributed by atoms with Gasteiger partial charge in [0.25, 0.3) is 0 Å². The Kier molecular flexibility index (Phi) is 7.82. The average Bonchev–Trinajstić information content (AvgIpc) is 3.84. The highest BCUT2D eigenvalue weighted by atomic mass is 15.0. The lowest BCUT2D eigenvalue weighted by molar-refractivity contribution is 1.16. The molecule has 0 fully saturated rings. The van der Waals surface area contributed by atoms with Gasteiger partial charge in [-0.05, 0) is 77.2 Å². The summed E-state index contributed by atoms with van der Waals surface area (Å²) in [5.74, 6) is 0.692. The normalized spacial score (nSPS) is 11.7. The second-order valence-electron chi connectivity index (χ2n) is 15.4. The van der Waals surface area contributed by atoms with Gasteiger partial charge < -0.3 is 9.13 Å². The number of rotatable bonds is 6. The van der Waals surface area contributed by atoms with Gasteiger partial charge in [0.15, 0.2) is 5.82 Å². The zero-order chi connectivity index (χ0) is 39.6. The molecule has 9 aromatic carbocycles. The summed E-state index contributed by atoms with van der Waals surface area (Å²) >= 11 is 0. The molecule has 3 heterocycles. The predicted molar refractivity (Wildman–Crippen MR) is 250 cm³/mol. The van der Waals surface area contributed by atoms with Crippen molar-refractivity contribution in [3.63, 3.8) is 0 Å². The Balaban J connectivity index is 0.992. The van der Waals surface area contributed by atoms with E-state index in [1.165, 1.54) is 60.2 Å². The highest BCUT2D eigenvalue weighted by Gasteiger charge is 2.18. The van der Waals surface area contributed by atoms with E-state index in [1.807, 2.05) is 12.1 Å². The smallest absolute Gasteiger partial charge is 0.160 e. The molecule has 0 amide bonds. The van der Waals surface area contributed by atoms with Gasteiger partial charge in [0.05, 0.1) is 39.1 Å². The molecular formula is C56H36N4. The minimum Gasteiger partial charge on any atom is -0.309 e. The van der Waals surface area contributed by atoms with E-state index in [9.17, 15) is 0 Å². The third-order valence-electron chi connectivity index (χ3n) is 11.9. The quantitative estimate of drug-likeness (QED) is 0.169. The number of para-hydroxylation sites is 2. The standard InChI is InChI=1S/C56H36N4/c1-3-16-38(17-4-1)49-36-50(39-18-5-2-6-19-39)58-56(57-49)42-21-13-22-43(33-42)59-52-26-11-9-24-45(52)47-34-40(29-31-54(47)59)41-30-32-55-48(35-41)46-25-10-12-27-53(46)60(55)51-28-14-20-37-15-7-8-23-44(37)51/h1-36H. The molecule has 0 N–H and O–H groups in total. The Morgan fingerprint density at radius 3 is 1.42 bits per heavy atom. The molecule has 0 saturated heterocycles. The van der Waals surface area contributed by atoms with Crippen LogP contribution in [-0.4, -0.2) is 19.1 Å². The van der Waals surface area contributed by atoms with Gasteiger partial charge in [-0.2, -0.15) is 0 Å². The Morgan fingerprint density at radius 2 is 0.767 bits per heavy atom. The highest BCUT2D eigenvalue weighted by Crippen LogP contribution is 2.40. The maximum absolute atomic E-state index is 5.14. The van der Waals surface area contributed by atoms with Gasteiger partial charge in [0, 0.05) is 49.3 Å². The van der Waals surface area contributed by atoms with Crippen LogP contribution in [0.2, 0.25) is 0 Å². The summed E-state index contributed by atoms with van der Waals surface area (Å²) in [6, 6.07) is 78.0. The Morgan fingerprint density at radius 1 is 0.283 bits per heavy atom. The van der Waals surface area contributed by atoms with Crippen molar-refractivity contribution in [2.24, 2.45) is 0 Å². The van der Waals surface area contributed by atoms with Crippen LogP contribution in [0.5, 0.6) is 0 Å². The lowest BCUT2D eigenvalue weighted by Crippen LogP contribution is -1.98. The first-order valence-corrected chi connectivity index (χ1v) is 20.4. The lowest BCUT2D eigenvalue weighted by atomic mass is 10.0. The second kappa shape index (κ2) is 13.8. The lowest BCUT2D eigenvalue weighted by Gasteiger charge is -2.12. The SMILES string of the molecule is c1ccc(-c2cc(-c3ccccc3)nc(-c3cccc(-n4c5ccccc5c5cc(-c6ccc7c(c6)c6ccccc6n7-c6cccc7ccccc67)ccc54)c3)n2)cc1. The number of hydrogen-bond acceptors (Lipinski definition) is 2. The molecule has 60 heavy (non-hydrogen) atoms. The molecule has 12 aromatic rings. The molecule has 0 bridgehead atoms. The summed E-state index contributed by atoms with van der Waals surface area (Å²) in [6.07, 6.45) is 0. The van der Waals surface area contributed by atoms with Crippen LogP contribution in [0.15, 0.2) is 218 Å². The molecule has 0 unspecified atom stereocenters. The van der Waals surface area contributed by atoms with Gasteiger partial charge in [-0.25, -0.2) is 9.97 Å². The van der Waals surface area contributed by atoms with Crippen molar-refractivity contribution in [2.75, 3.05) is 0 Å². The van der Waals surface area contributed by atoms with Gasteiger partial charge in [0.2, 0.25) is 0 Å². The molecule has 0 aliphatic carbocycles. The molecular weight excluding hydrogens is 729 g/mol. The van der Waals surface area contributed by atoms with Crippen LogP contribution in [0.4, 0.5) is 0 Å². The van der Waals surface area contributed by atoms with Crippen LogP contribution in [0, 0.1) is 0 Å². The minimum absolute atomic E-state index is 0.692. The second-order valence-corrected chi connectivity index (χ2v) is 15.4. The highest BCUT2D eigenvalue weighted by molar-refractivity contribution is 6.13. The van der Waals surface area contributed by atoms with Crippen molar-refractivity contribution in [3.05, 3.63) is 218 Å². The topological polar surface area (TPSA) is 35.6 Å². The third-order valence-corrected chi connectivity index (χ3v) is 11.9. The summed E-state index contributed by atoms with van der Waals surface area (Å²) in [4.78, 5) is 10.3. The molecule has 0 saturated carbocycles. The van der Waals surface area contributed by atoms with E-state index in [4.69, 9.17) is 9.97 Å². The fourth-order valence-corrected chi connectivity index (χ4v) is 9.12. The Hall–Kier alpha value is -8.08. The number of benzene rings is 9. The molecule has 0 radical (unpaired) electrons. The molecule has 3 aromatic heterocycles. The van der Waals surface area contributed by atoms with E-state index in [1.54, 1.807) is 0 Å². The molecule has 12 rings (SSSR count). The number of fused-ring (bicyclic) bond motifs is 7. The predicted octanol–water partition coefficient (Wildman–Crippen LogP) is 14.5. The molecule has 0 aliphatic rings. The summed E-state index contributed by atoms with van der Waals surface area (Å²) in [7, 11) is 0. The van der Waals surface area contributed by atoms with Crippen LogP contribution in [0.1, 0.15) is 0 Å². The summed E-state index contributed by atoms with van der Waals surface area (Å²) in [5, 5.41) is 7.38. The van der Waals surface area contributed by atoms with Crippen molar-refractivity contribution in [2.45, 2.75) is 0 Å². The van der Waals surface area contributed by atoms with Crippen molar-refractivity contribution >= 4 is 54.4 Å². The first-order chi connectivity index (χ1) is 29.7. The molecule has 0 spiro atoms. The monoisotopic (exact) mass is 764 g/mol. The van der Waals surface area contributed by atoms with Crippen molar-refractivity contribution in [3.8, 4) is 56.4 Å². The van der Waals surface area contributed by atoms with Crippen LogP contribution < -0.4 is 0 Å². The third kappa shape index (κ3) is 5.53. The van der Waals surface area contributed by atoms with Gasteiger partial charge >= 0.3 is 0 Å². The van der Waals surface area contributed by atoms with Crippen molar-refractivity contribution in [1.29, 1.82) is 0 Å². The van der Waals surface area contributed by atoms with Crippen molar-refractivity contribution < 1.29 is 0 Å². The van der Waals surface area contributed by atoms with Crippen LogP contribution in [0.25, 0.3) is 111 Å². The van der Waals surface area contributed by atoms with E-state index in [-0.39, 0.29) is 0 Å². The molecule has 0 aliphatic heterocycles. The largest absolute Gasteiger partial charge is 0.309 e. The number of nitrogens with zero attached hydrogens (tertiary/aromatic N) is 4. The molecule has 0 atom stereocenters. The summed E-state index contributed by atoms with van der Waals surface area (Å²) in [6.45, 7) is 0. The van der Waals surface area contributed by atoms with Crippen LogP contribution >= 0.6 is 0 Å². The fourth-order valence-electron chi connectivity index (χ4n) is 9.12. The van der Waals surface area contributed by atoms with E-state index >= 15 is 0 Å². The first-order valence-electron chi connectivity index (χ1n) is 20.4. The maximum atomic E-state index is 5.14. The Labute approximate surface area is 346 Å². The summed E-state index contributed by atoms with van der Waals surface area (Å²) in [5.41, 5.74) is 14.2.